The average Bonchev–Trinajstić information content (AvgIpc) is 2.76. The van der Waals surface area contributed by atoms with Crippen LogP contribution in [0.2, 0.25) is 10.0 Å². The van der Waals surface area contributed by atoms with E-state index < -0.39 is 6.04 Å². The summed E-state index contributed by atoms with van der Waals surface area (Å²) in [4.78, 5) is 27.5. The summed E-state index contributed by atoms with van der Waals surface area (Å²) in [5.41, 5.74) is 1.84. The summed E-state index contributed by atoms with van der Waals surface area (Å²) in [6.07, 6.45) is 1.84. The van der Waals surface area contributed by atoms with Gasteiger partial charge in [0.25, 0.3) is 5.91 Å². The number of nitrogens with one attached hydrogen (secondary N) is 1. The van der Waals surface area contributed by atoms with Gasteiger partial charge in [-0.2, -0.15) is 0 Å². The van der Waals surface area contributed by atoms with E-state index in [1.807, 2.05) is 18.2 Å². The molecule has 0 aliphatic heterocycles. The molecular weight excluding hydrogens is 539 g/mol. The number of ether oxygens (including phenoxy) is 1. The Balaban J connectivity index is 2.20. The first-order chi connectivity index (χ1) is 15.9. The van der Waals surface area contributed by atoms with Crippen LogP contribution in [0.5, 0.6) is 5.75 Å². The summed E-state index contributed by atoms with van der Waals surface area (Å²) < 4.78 is 6.61. The lowest BCUT2D eigenvalue weighted by atomic mass is 9.87. The van der Waals surface area contributed by atoms with Crippen molar-refractivity contribution < 1.29 is 14.3 Å². The third kappa shape index (κ3) is 8.17. The van der Waals surface area contributed by atoms with Gasteiger partial charge in [-0.1, -0.05) is 69.5 Å². The van der Waals surface area contributed by atoms with Gasteiger partial charge in [-0.05, 0) is 70.1 Å². The molecule has 8 heteroatoms. The highest BCUT2D eigenvalue weighted by atomic mass is 79.9. The number of nitrogens with zero attached hydrogens (tertiary/aromatic N) is 1. The van der Waals surface area contributed by atoms with Crippen LogP contribution >= 0.6 is 39.1 Å². The van der Waals surface area contributed by atoms with Crippen LogP contribution in [0, 0.1) is 0 Å². The molecule has 0 unspecified atom stereocenters. The first-order valence-corrected chi connectivity index (χ1v) is 12.9. The molecule has 2 aromatic rings. The van der Waals surface area contributed by atoms with E-state index in [-0.39, 0.29) is 30.4 Å². The SMILES string of the molecule is CCCCNC(=O)[C@H](C)N(Cc1ccc(Cl)cc1Cl)C(=O)COc1ccc(C(C)(C)C)cc1Br. The Bertz CT molecular complexity index is 1010. The van der Waals surface area contributed by atoms with E-state index in [2.05, 4.69) is 48.9 Å². The number of amides is 2. The maximum atomic E-state index is 13.2. The Hall–Kier alpha value is -1.76. The summed E-state index contributed by atoms with van der Waals surface area (Å²) >= 11 is 15.9. The Morgan fingerprint density at radius 1 is 1.15 bits per heavy atom. The molecule has 1 atom stereocenters. The van der Waals surface area contributed by atoms with Crippen LogP contribution in [-0.4, -0.2) is 35.9 Å². The van der Waals surface area contributed by atoms with Crippen molar-refractivity contribution in [1.82, 2.24) is 10.2 Å². The molecule has 0 fully saturated rings. The Morgan fingerprint density at radius 2 is 1.85 bits per heavy atom. The fraction of sp³-hybridized carbons (Fsp3) is 0.462. The normalized spacial score (nSPS) is 12.2. The number of hydrogen-bond donors (Lipinski definition) is 1. The minimum absolute atomic E-state index is 0.00785. The van der Waals surface area contributed by atoms with Crippen molar-refractivity contribution >= 4 is 50.9 Å². The summed E-state index contributed by atoms with van der Waals surface area (Å²) in [6.45, 7) is 10.7. The molecule has 0 aliphatic carbocycles. The van der Waals surface area contributed by atoms with Crippen LogP contribution in [0.3, 0.4) is 0 Å². The second-order valence-corrected chi connectivity index (χ2v) is 11.0. The van der Waals surface area contributed by atoms with Crippen LogP contribution in [0.1, 0.15) is 58.6 Å². The highest BCUT2D eigenvalue weighted by Gasteiger charge is 2.27. The number of hydrogen-bond acceptors (Lipinski definition) is 3. The van der Waals surface area contributed by atoms with Crippen molar-refractivity contribution in [2.75, 3.05) is 13.2 Å². The highest BCUT2D eigenvalue weighted by molar-refractivity contribution is 9.10. The first kappa shape index (κ1) is 28.5. The molecule has 186 valence electrons. The largest absolute Gasteiger partial charge is 0.483 e. The molecule has 0 radical (unpaired) electrons. The second-order valence-electron chi connectivity index (χ2n) is 9.26. The molecular formula is C26H33BrCl2N2O3. The van der Waals surface area contributed by atoms with Crippen molar-refractivity contribution in [2.24, 2.45) is 0 Å². The predicted molar refractivity (Wildman–Crippen MR) is 143 cm³/mol. The van der Waals surface area contributed by atoms with Crippen molar-refractivity contribution in [3.05, 3.63) is 62.0 Å². The molecule has 0 aliphatic rings. The van der Waals surface area contributed by atoms with Gasteiger partial charge in [-0.15, -0.1) is 0 Å². The third-order valence-corrected chi connectivity index (χ3v) is 6.71. The lowest BCUT2D eigenvalue weighted by molar-refractivity contribution is -0.142. The van der Waals surface area contributed by atoms with Gasteiger partial charge in [0.1, 0.15) is 11.8 Å². The van der Waals surface area contributed by atoms with Gasteiger partial charge < -0.3 is 15.0 Å². The molecule has 0 bridgehead atoms. The van der Waals surface area contributed by atoms with Gasteiger partial charge in [0.05, 0.1) is 4.47 Å². The highest BCUT2D eigenvalue weighted by Crippen LogP contribution is 2.31. The van der Waals surface area contributed by atoms with Crippen molar-refractivity contribution in [3.63, 3.8) is 0 Å². The van der Waals surface area contributed by atoms with Gasteiger partial charge in [-0.25, -0.2) is 0 Å². The van der Waals surface area contributed by atoms with Gasteiger partial charge in [0, 0.05) is 23.1 Å². The molecule has 0 spiro atoms. The van der Waals surface area contributed by atoms with Crippen molar-refractivity contribution in [3.8, 4) is 5.75 Å². The first-order valence-electron chi connectivity index (χ1n) is 11.4. The van der Waals surface area contributed by atoms with E-state index in [0.29, 0.717) is 27.9 Å². The summed E-state index contributed by atoms with van der Waals surface area (Å²) in [7, 11) is 0. The summed E-state index contributed by atoms with van der Waals surface area (Å²) in [5, 5.41) is 3.84. The van der Waals surface area contributed by atoms with Crippen LogP contribution in [0.4, 0.5) is 0 Å². The zero-order valence-corrected chi connectivity index (χ0v) is 23.5. The smallest absolute Gasteiger partial charge is 0.261 e. The van der Waals surface area contributed by atoms with Crippen LogP contribution in [0.25, 0.3) is 0 Å². The summed E-state index contributed by atoms with van der Waals surface area (Å²) in [5.74, 6) is 0.0180. The minimum atomic E-state index is -0.702. The van der Waals surface area contributed by atoms with E-state index in [1.165, 1.54) is 4.90 Å². The number of rotatable bonds is 10. The number of benzene rings is 2. The second kappa shape index (κ2) is 12.8. The maximum Gasteiger partial charge on any atom is 0.261 e. The topological polar surface area (TPSA) is 58.6 Å². The molecule has 0 heterocycles. The van der Waals surface area contributed by atoms with Crippen LogP contribution in [-0.2, 0) is 21.5 Å². The van der Waals surface area contributed by atoms with Gasteiger partial charge in [0.15, 0.2) is 6.61 Å². The molecule has 34 heavy (non-hydrogen) atoms. The molecule has 0 saturated carbocycles. The minimum Gasteiger partial charge on any atom is -0.483 e. The molecule has 0 aromatic heterocycles. The molecule has 2 aromatic carbocycles. The summed E-state index contributed by atoms with van der Waals surface area (Å²) in [6, 6.07) is 10.2. The number of halogens is 3. The lowest BCUT2D eigenvalue weighted by Crippen LogP contribution is -2.49. The molecule has 2 amide bonds. The fourth-order valence-electron chi connectivity index (χ4n) is 3.26. The van der Waals surface area contributed by atoms with Gasteiger partial charge in [-0.3, -0.25) is 9.59 Å². The average molecular weight is 572 g/mol. The number of unbranched alkanes of at least 4 members (excludes halogenated alkanes) is 1. The van der Waals surface area contributed by atoms with Crippen LogP contribution in [0.15, 0.2) is 40.9 Å². The van der Waals surface area contributed by atoms with Crippen LogP contribution < -0.4 is 10.1 Å². The van der Waals surface area contributed by atoms with E-state index in [9.17, 15) is 9.59 Å². The molecule has 5 nitrogen and oxygen atoms in total. The van der Waals surface area contributed by atoms with Gasteiger partial charge in [0.2, 0.25) is 5.91 Å². The monoisotopic (exact) mass is 570 g/mol. The van der Waals surface area contributed by atoms with Crippen molar-refractivity contribution in [2.45, 2.75) is 65.5 Å². The molecule has 0 saturated heterocycles. The Morgan fingerprint density at radius 3 is 2.44 bits per heavy atom. The number of carbonyl (C=O) groups excluding carboxylic acids is 2. The fourth-order valence-corrected chi connectivity index (χ4v) is 4.22. The number of carbonyl (C=O) groups is 2. The Kier molecular flexibility index (Phi) is 10.7. The standard InChI is InChI=1S/C26H33BrCl2N2O3/c1-6-7-12-30-25(33)17(2)31(15-18-8-10-20(28)14-22(18)29)24(32)16-34-23-11-9-19(13-21(23)27)26(3,4)5/h8-11,13-14,17H,6-7,12,15-16H2,1-5H3,(H,30,33)/t17-/m0/s1. The maximum absolute atomic E-state index is 13.2. The van der Waals surface area contributed by atoms with E-state index in [0.717, 1.165) is 22.9 Å². The quantitative estimate of drug-likeness (QED) is 0.320. The van der Waals surface area contributed by atoms with E-state index >= 15 is 0 Å². The van der Waals surface area contributed by atoms with Gasteiger partial charge >= 0.3 is 0 Å². The van der Waals surface area contributed by atoms with Crippen molar-refractivity contribution in [1.29, 1.82) is 0 Å². The zero-order valence-electron chi connectivity index (χ0n) is 20.4. The molecule has 1 N–H and O–H groups in total. The zero-order chi connectivity index (χ0) is 25.5. The Labute approximate surface area is 221 Å². The lowest BCUT2D eigenvalue weighted by Gasteiger charge is -2.29. The molecule has 2 rings (SSSR count). The predicted octanol–water partition coefficient (Wildman–Crippen LogP) is 6.77. The third-order valence-electron chi connectivity index (χ3n) is 5.50. The van der Waals surface area contributed by atoms with E-state index in [1.54, 1.807) is 25.1 Å². The van der Waals surface area contributed by atoms with E-state index in [4.69, 9.17) is 27.9 Å².